The number of nitrogens with zero attached hydrogens (tertiary/aromatic N) is 1. The first kappa shape index (κ1) is 5.83. The maximum absolute atomic E-state index is 5.44. The minimum Gasteiger partial charge on any atom is -0.382 e. The molecule has 0 bridgehead atoms. The van der Waals surface area contributed by atoms with Crippen LogP contribution in [-0.4, -0.2) is 28.5 Å². The van der Waals surface area contributed by atoms with Crippen LogP contribution in [0, 0.1) is 0 Å². The highest BCUT2D eigenvalue weighted by Crippen LogP contribution is 1.97. The molecule has 8 heavy (non-hydrogen) atoms. The first-order chi connectivity index (χ1) is 3.79. The van der Waals surface area contributed by atoms with Crippen molar-refractivity contribution in [2.75, 3.05) is 0 Å². The summed E-state index contributed by atoms with van der Waals surface area (Å²) < 4.78 is 0.903. The van der Waals surface area contributed by atoms with Gasteiger partial charge in [-0.05, 0) is 6.08 Å². The van der Waals surface area contributed by atoms with Crippen LogP contribution in [0.15, 0.2) is 15.9 Å². The van der Waals surface area contributed by atoms with Crippen LogP contribution in [0.2, 0.25) is 0 Å². The van der Waals surface area contributed by atoms with Crippen molar-refractivity contribution in [3.8, 4) is 0 Å². The highest BCUT2D eigenvalue weighted by Gasteiger charge is 1.99. The third-order valence-corrected chi connectivity index (χ3v) is 1.37. The van der Waals surface area contributed by atoms with Crippen LogP contribution in [-0.2, 0) is 4.84 Å². The molecule has 3 nitrogen and oxygen atoms in total. The molecule has 0 saturated carbocycles. The standard InChI is InChI=1S/C4H5N2O.Al.2H/c5-4-1-2-7-6-3-4;;;/h1,3-4H,5H2;;;. The molecule has 42 valence electrons. The second-order valence-electron chi connectivity index (χ2n) is 1.70. The normalized spacial score (nSPS) is 26.6. The number of hydrogen-bond donors (Lipinski definition) is 1. The fraction of sp³-hybridized carbons (Fsp3) is 0.250. The summed E-state index contributed by atoms with van der Waals surface area (Å²) in [7, 11) is 0. The first-order valence-electron chi connectivity index (χ1n) is 2.43. The lowest BCUT2D eigenvalue weighted by molar-refractivity contribution is 0.248. The lowest BCUT2D eigenvalue weighted by atomic mass is 10.3. The van der Waals surface area contributed by atoms with E-state index in [-0.39, 0.29) is 6.04 Å². The fourth-order valence-electron chi connectivity index (χ4n) is 0.528. The van der Waals surface area contributed by atoms with Crippen molar-refractivity contribution in [3.63, 3.8) is 0 Å². The molecule has 0 spiro atoms. The Morgan fingerprint density at radius 1 is 1.88 bits per heavy atom. The lowest BCUT2D eigenvalue weighted by Crippen LogP contribution is -2.21. The summed E-state index contributed by atoms with van der Waals surface area (Å²) in [5, 5.41) is 3.56. The van der Waals surface area contributed by atoms with Crippen LogP contribution >= 0.6 is 0 Å². The molecule has 0 aromatic carbocycles. The molecule has 0 radical (unpaired) electrons. The van der Waals surface area contributed by atoms with Gasteiger partial charge in [-0.3, -0.25) is 0 Å². The van der Waals surface area contributed by atoms with Crippen LogP contribution in [0.25, 0.3) is 0 Å². The maximum Gasteiger partial charge on any atom is 0.322 e. The van der Waals surface area contributed by atoms with Crippen LogP contribution in [0.4, 0.5) is 0 Å². The van der Waals surface area contributed by atoms with Gasteiger partial charge in [0.05, 0.1) is 12.3 Å². The van der Waals surface area contributed by atoms with E-state index in [1.165, 1.54) is 0 Å². The van der Waals surface area contributed by atoms with Gasteiger partial charge in [-0.1, -0.05) is 5.16 Å². The average molecular weight is 126 g/mol. The summed E-state index contributed by atoms with van der Waals surface area (Å²) in [5.41, 5.74) is 5.44. The van der Waals surface area contributed by atoms with E-state index < -0.39 is 0 Å². The zero-order valence-electron chi connectivity index (χ0n) is 4.66. The zero-order valence-corrected chi connectivity index (χ0v) is 6.66. The Kier molecular flexibility index (Phi) is 1.69. The topological polar surface area (TPSA) is 47.6 Å². The molecule has 1 rings (SSSR count). The van der Waals surface area contributed by atoms with Crippen molar-refractivity contribution in [1.82, 2.24) is 0 Å². The van der Waals surface area contributed by atoms with E-state index in [2.05, 4.69) is 5.16 Å². The first-order valence-corrected chi connectivity index (χ1v) is 3.43. The molecule has 0 aliphatic carbocycles. The second-order valence-corrected chi connectivity index (χ2v) is 2.69. The molecule has 1 atom stereocenters. The summed E-state index contributed by atoms with van der Waals surface area (Å²) in [6, 6.07) is -0.0313. The number of rotatable bonds is 0. The van der Waals surface area contributed by atoms with Crippen molar-refractivity contribution in [3.05, 3.63) is 10.7 Å². The highest BCUT2D eigenvalue weighted by atomic mass is 27.0. The number of oxime groups is 1. The van der Waals surface area contributed by atoms with Gasteiger partial charge < -0.3 is 10.6 Å². The molecule has 1 unspecified atom stereocenters. The second kappa shape index (κ2) is 2.32. The van der Waals surface area contributed by atoms with E-state index in [9.17, 15) is 0 Å². The molecule has 0 aromatic heterocycles. The van der Waals surface area contributed by atoms with E-state index in [1.807, 2.05) is 6.08 Å². The predicted octanol–water partition coefficient (Wildman–Crippen LogP) is -1.20. The summed E-state index contributed by atoms with van der Waals surface area (Å²) in [6.45, 7) is 0. The van der Waals surface area contributed by atoms with E-state index >= 15 is 0 Å². The minimum absolute atomic E-state index is 0.0313. The van der Waals surface area contributed by atoms with Gasteiger partial charge in [0.2, 0.25) is 0 Å². The summed E-state index contributed by atoms with van der Waals surface area (Å²) in [6.07, 6.45) is 3.43. The molecule has 4 heteroatoms. The van der Waals surface area contributed by atoms with Crippen LogP contribution in [0.1, 0.15) is 0 Å². The van der Waals surface area contributed by atoms with Crippen molar-refractivity contribution in [1.29, 1.82) is 0 Å². The molecule has 0 saturated heterocycles. The summed E-state index contributed by atoms with van der Waals surface area (Å²) >= 11 is 0.884. The van der Waals surface area contributed by atoms with Crippen molar-refractivity contribution in [2.24, 2.45) is 10.9 Å². The third-order valence-electron chi connectivity index (χ3n) is 0.857. The Balaban J connectivity index is 2.60. The quantitative estimate of drug-likeness (QED) is 0.414. The van der Waals surface area contributed by atoms with Gasteiger partial charge in [-0.25, -0.2) is 0 Å². The Bertz CT molecular complexity index is 143. The van der Waals surface area contributed by atoms with E-state index in [1.54, 1.807) is 6.21 Å². The van der Waals surface area contributed by atoms with Crippen molar-refractivity contribution < 1.29 is 4.84 Å². The zero-order chi connectivity index (χ0) is 5.98. The van der Waals surface area contributed by atoms with Crippen molar-refractivity contribution >= 4 is 22.5 Å². The summed E-state index contributed by atoms with van der Waals surface area (Å²) in [4.78, 5) is 4.76. The molecule has 2 N–H and O–H groups in total. The minimum atomic E-state index is -0.0313. The predicted molar refractivity (Wildman–Crippen MR) is 34.2 cm³/mol. The van der Waals surface area contributed by atoms with Gasteiger partial charge in [0.15, 0.2) is 0 Å². The van der Waals surface area contributed by atoms with Gasteiger partial charge in [-0.15, -0.1) is 0 Å². The van der Waals surface area contributed by atoms with E-state index in [0.717, 1.165) is 20.9 Å². The van der Waals surface area contributed by atoms with Gasteiger partial charge in [-0.2, -0.15) is 0 Å². The molecule has 1 aliphatic heterocycles. The van der Waals surface area contributed by atoms with Gasteiger partial charge in [0, 0.05) is 4.62 Å². The van der Waals surface area contributed by atoms with E-state index in [4.69, 9.17) is 10.6 Å². The number of hydrogen-bond acceptors (Lipinski definition) is 3. The van der Waals surface area contributed by atoms with Crippen LogP contribution in [0.5, 0.6) is 0 Å². The summed E-state index contributed by atoms with van der Waals surface area (Å²) in [5.74, 6) is 0. The lowest BCUT2D eigenvalue weighted by Gasteiger charge is -2.07. The smallest absolute Gasteiger partial charge is 0.322 e. The third kappa shape index (κ3) is 1.34. The molecular weight excluding hydrogens is 119 g/mol. The Hall–Kier alpha value is -0.298. The molecule has 0 amide bonds. The van der Waals surface area contributed by atoms with Crippen molar-refractivity contribution in [2.45, 2.75) is 6.04 Å². The van der Waals surface area contributed by atoms with Crippen LogP contribution in [0.3, 0.4) is 0 Å². The largest absolute Gasteiger partial charge is 0.382 e. The monoisotopic (exact) mass is 126 g/mol. The van der Waals surface area contributed by atoms with Gasteiger partial charge >= 0.3 is 16.3 Å². The molecular formula is C4H7AlN2O. The Morgan fingerprint density at radius 2 is 2.62 bits per heavy atom. The van der Waals surface area contributed by atoms with Crippen LogP contribution < -0.4 is 5.73 Å². The Labute approximate surface area is 55.6 Å². The van der Waals surface area contributed by atoms with E-state index in [0.29, 0.717) is 0 Å². The molecule has 1 heterocycles. The van der Waals surface area contributed by atoms with Gasteiger partial charge in [0.25, 0.3) is 0 Å². The van der Waals surface area contributed by atoms with Gasteiger partial charge in [0.1, 0.15) is 0 Å². The fourth-order valence-corrected chi connectivity index (χ4v) is 1.02. The average Bonchev–Trinajstić information content (AvgIpc) is 1.64. The Morgan fingerprint density at radius 3 is 3.00 bits per heavy atom. The molecule has 0 aromatic rings. The maximum atomic E-state index is 5.44. The molecule has 1 aliphatic rings. The SMILES string of the molecule is NC1C=NO[C]([AlH2])=C1. The molecule has 0 fully saturated rings. The highest BCUT2D eigenvalue weighted by molar-refractivity contribution is 6.20. The number of nitrogens with two attached hydrogens (primary N) is 1.